The summed E-state index contributed by atoms with van der Waals surface area (Å²) in [4.78, 5) is 33.1. The third kappa shape index (κ3) is 3.13. The molecule has 4 aromatic rings. The van der Waals surface area contributed by atoms with Gasteiger partial charge in [0.2, 0.25) is 5.76 Å². The predicted molar refractivity (Wildman–Crippen MR) is 121 cm³/mol. The van der Waals surface area contributed by atoms with E-state index in [0.717, 1.165) is 15.7 Å². The molecule has 3 heterocycles. The van der Waals surface area contributed by atoms with E-state index in [-0.39, 0.29) is 11.2 Å². The van der Waals surface area contributed by atoms with Crippen LogP contribution in [0.3, 0.4) is 0 Å². The van der Waals surface area contributed by atoms with Crippen LogP contribution in [-0.2, 0) is 0 Å². The highest BCUT2D eigenvalue weighted by molar-refractivity contribution is 9.10. The number of anilines is 1. The number of rotatable bonds is 3. The van der Waals surface area contributed by atoms with Crippen molar-refractivity contribution < 1.29 is 13.9 Å². The molecule has 154 valence electrons. The van der Waals surface area contributed by atoms with Crippen LogP contribution in [0.1, 0.15) is 33.4 Å². The van der Waals surface area contributed by atoms with E-state index < -0.39 is 11.9 Å². The first-order chi connectivity index (χ1) is 15.0. The zero-order valence-corrected chi connectivity index (χ0v) is 18.3. The first-order valence-corrected chi connectivity index (χ1v) is 10.4. The van der Waals surface area contributed by atoms with Gasteiger partial charge in [-0.2, -0.15) is 0 Å². The Bertz CT molecular complexity index is 1400. The fourth-order valence-corrected chi connectivity index (χ4v) is 4.31. The predicted octanol–water partition coefficient (Wildman–Crippen LogP) is 5.02. The van der Waals surface area contributed by atoms with Gasteiger partial charge in [0, 0.05) is 10.2 Å². The smallest absolute Gasteiger partial charge is 0.296 e. The summed E-state index contributed by atoms with van der Waals surface area (Å²) in [5.74, 6) is 0.796. The molecule has 0 N–H and O–H groups in total. The summed E-state index contributed by atoms with van der Waals surface area (Å²) >= 11 is 3.41. The van der Waals surface area contributed by atoms with E-state index in [2.05, 4.69) is 20.9 Å². The molecule has 5 rings (SSSR count). The second kappa shape index (κ2) is 7.35. The molecular formula is C24H17BrN2O4. The molecule has 1 aliphatic rings. The SMILES string of the molecule is COc1ccc([C@H]2c3c(oc4ccc(Br)cc4c3=O)C(=O)N2c2cccc(C)n2)cc1. The Morgan fingerprint density at radius 3 is 2.55 bits per heavy atom. The van der Waals surface area contributed by atoms with Gasteiger partial charge >= 0.3 is 0 Å². The minimum atomic E-state index is -0.665. The van der Waals surface area contributed by atoms with Crippen LogP contribution < -0.4 is 15.1 Å². The maximum atomic E-state index is 13.6. The van der Waals surface area contributed by atoms with Gasteiger partial charge in [-0.05, 0) is 55.0 Å². The first-order valence-electron chi connectivity index (χ1n) is 9.65. The molecule has 0 saturated carbocycles. The van der Waals surface area contributed by atoms with Crippen molar-refractivity contribution in [3.05, 3.63) is 97.9 Å². The Balaban J connectivity index is 1.80. The molecule has 0 aliphatic carbocycles. The lowest BCUT2D eigenvalue weighted by Crippen LogP contribution is -2.30. The fraction of sp³-hybridized carbons (Fsp3) is 0.125. The van der Waals surface area contributed by atoms with Crippen molar-refractivity contribution in [2.75, 3.05) is 12.0 Å². The van der Waals surface area contributed by atoms with E-state index in [1.807, 2.05) is 31.2 Å². The molecule has 0 radical (unpaired) electrons. The van der Waals surface area contributed by atoms with Gasteiger partial charge in [0.05, 0.1) is 24.1 Å². The molecule has 1 amide bonds. The molecule has 2 aromatic carbocycles. The molecule has 0 spiro atoms. The van der Waals surface area contributed by atoms with Crippen molar-refractivity contribution in [2.45, 2.75) is 13.0 Å². The summed E-state index contributed by atoms with van der Waals surface area (Å²) in [6.07, 6.45) is 0. The second-order valence-corrected chi connectivity index (χ2v) is 8.22. The molecule has 7 heteroatoms. The number of halogens is 1. The van der Waals surface area contributed by atoms with Gasteiger partial charge in [0.25, 0.3) is 5.91 Å². The summed E-state index contributed by atoms with van der Waals surface area (Å²) in [6, 6.07) is 17.3. The number of carbonyl (C=O) groups is 1. The van der Waals surface area contributed by atoms with E-state index in [4.69, 9.17) is 9.15 Å². The number of carbonyl (C=O) groups excluding carboxylic acids is 1. The minimum Gasteiger partial charge on any atom is -0.497 e. The minimum absolute atomic E-state index is 0.0453. The molecule has 0 bridgehead atoms. The molecule has 31 heavy (non-hydrogen) atoms. The Morgan fingerprint density at radius 2 is 1.84 bits per heavy atom. The van der Waals surface area contributed by atoms with Crippen molar-refractivity contribution in [3.8, 4) is 5.75 Å². The van der Waals surface area contributed by atoms with Gasteiger partial charge in [0.15, 0.2) is 5.43 Å². The van der Waals surface area contributed by atoms with Gasteiger partial charge in [-0.3, -0.25) is 14.5 Å². The molecule has 0 unspecified atom stereocenters. The largest absolute Gasteiger partial charge is 0.497 e. The van der Waals surface area contributed by atoms with Gasteiger partial charge in [-0.15, -0.1) is 0 Å². The number of aryl methyl sites for hydroxylation is 1. The van der Waals surface area contributed by atoms with E-state index in [1.165, 1.54) is 4.90 Å². The lowest BCUT2D eigenvalue weighted by atomic mass is 9.98. The van der Waals surface area contributed by atoms with E-state index in [9.17, 15) is 9.59 Å². The van der Waals surface area contributed by atoms with Crippen molar-refractivity contribution in [1.82, 2.24) is 4.98 Å². The molecular weight excluding hydrogens is 460 g/mol. The number of ether oxygens (including phenoxy) is 1. The number of benzene rings is 2. The zero-order chi connectivity index (χ0) is 21.7. The van der Waals surface area contributed by atoms with Crippen LogP contribution in [0.4, 0.5) is 5.82 Å². The van der Waals surface area contributed by atoms with Crippen LogP contribution in [0.25, 0.3) is 11.0 Å². The summed E-state index contributed by atoms with van der Waals surface area (Å²) < 4.78 is 12.0. The lowest BCUT2D eigenvalue weighted by molar-refractivity contribution is 0.0970. The number of amides is 1. The molecule has 6 nitrogen and oxygen atoms in total. The highest BCUT2D eigenvalue weighted by Crippen LogP contribution is 2.41. The third-order valence-corrected chi connectivity index (χ3v) is 5.88. The van der Waals surface area contributed by atoms with Crippen molar-refractivity contribution >= 4 is 38.6 Å². The van der Waals surface area contributed by atoms with Gasteiger partial charge < -0.3 is 9.15 Å². The Labute approximate surface area is 186 Å². The summed E-state index contributed by atoms with van der Waals surface area (Å²) in [7, 11) is 1.59. The standard InChI is InChI=1S/C24H17BrN2O4/c1-13-4-3-5-19(26-13)27-21(14-6-9-16(30-2)10-7-14)20-22(28)17-12-15(25)8-11-18(17)31-23(20)24(27)29/h3-12,21H,1-2H3/t21-/m0/s1. The Hall–Kier alpha value is -3.45. The van der Waals surface area contributed by atoms with Crippen LogP contribution >= 0.6 is 15.9 Å². The lowest BCUT2D eigenvalue weighted by Gasteiger charge is -2.24. The summed E-state index contributed by atoms with van der Waals surface area (Å²) in [6.45, 7) is 1.86. The molecule has 1 atom stereocenters. The topological polar surface area (TPSA) is 72.6 Å². The maximum absolute atomic E-state index is 13.6. The molecule has 0 saturated heterocycles. The average Bonchev–Trinajstić information content (AvgIpc) is 3.07. The average molecular weight is 477 g/mol. The maximum Gasteiger partial charge on any atom is 0.296 e. The second-order valence-electron chi connectivity index (χ2n) is 7.30. The Kier molecular flexibility index (Phi) is 4.63. The third-order valence-electron chi connectivity index (χ3n) is 5.38. The number of methoxy groups -OCH3 is 1. The fourth-order valence-electron chi connectivity index (χ4n) is 3.95. The van der Waals surface area contributed by atoms with E-state index in [0.29, 0.717) is 28.1 Å². The van der Waals surface area contributed by atoms with Crippen LogP contribution in [0.5, 0.6) is 5.75 Å². The summed E-state index contributed by atoms with van der Waals surface area (Å²) in [5.41, 5.74) is 1.97. The zero-order valence-electron chi connectivity index (χ0n) is 16.8. The molecule has 1 aliphatic heterocycles. The van der Waals surface area contributed by atoms with Crippen LogP contribution in [0.2, 0.25) is 0 Å². The van der Waals surface area contributed by atoms with Crippen LogP contribution in [-0.4, -0.2) is 18.0 Å². The first kappa shape index (κ1) is 19.5. The van der Waals surface area contributed by atoms with Crippen molar-refractivity contribution in [2.24, 2.45) is 0 Å². The number of fused-ring (bicyclic) bond motifs is 2. The Morgan fingerprint density at radius 1 is 1.06 bits per heavy atom. The van der Waals surface area contributed by atoms with Crippen LogP contribution in [0.15, 0.2) is 74.3 Å². The quantitative estimate of drug-likeness (QED) is 0.415. The number of nitrogens with zero attached hydrogens (tertiary/aromatic N) is 2. The molecule has 2 aromatic heterocycles. The van der Waals surface area contributed by atoms with Crippen molar-refractivity contribution in [1.29, 1.82) is 0 Å². The number of hydrogen-bond acceptors (Lipinski definition) is 5. The van der Waals surface area contributed by atoms with Gasteiger partial charge in [-0.25, -0.2) is 4.98 Å². The van der Waals surface area contributed by atoms with E-state index >= 15 is 0 Å². The normalized spacial score (nSPS) is 15.4. The van der Waals surface area contributed by atoms with Gasteiger partial charge in [0.1, 0.15) is 17.2 Å². The highest BCUT2D eigenvalue weighted by Gasteiger charge is 2.44. The number of aromatic nitrogens is 1. The monoisotopic (exact) mass is 476 g/mol. The summed E-state index contributed by atoms with van der Waals surface area (Å²) in [5, 5.41) is 0.415. The number of pyridine rings is 1. The number of hydrogen-bond donors (Lipinski definition) is 0. The van der Waals surface area contributed by atoms with Crippen molar-refractivity contribution in [3.63, 3.8) is 0 Å². The molecule has 0 fully saturated rings. The van der Waals surface area contributed by atoms with E-state index in [1.54, 1.807) is 43.5 Å². The van der Waals surface area contributed by atoms with Crippen LogP contribution in [0, 0.1) is 6.92 Å². The van der Waals surface area contributed by atoms with Gasteiger partial charge in [-0.1, -0.05) is 34.1 Å². The highest BCUT2D eigenvalue weighted by atomic mass is 79.9.